The van der Waals surface area contributed by atoms with Crippen molar-refractivity contribution in [1.29, 1.82) is 0 Å². The maximum atomic E-state index is 13.1. The molecule has 94 valence electrons. The zero-order chi connectivity index (χ0) is 12.3. The quantitative estimate of drug-likeness (QED) is 0.870. The smallest absolute Gasteiger partial charge is 0.141 e. The molecule has 1 nitrogen and oxygen atoms in total. The second-order valence-corrected chi connectivity index (χ2v) is 5.60. The summed E-state index contributed by atoms with van der Waals surface area (Å²) >= 11 is 5.81. The summed E-state index contributed by atoms with van der Waals surface area (Å²) in [5, 5.41) is 0.213. The van der Waals surface area contributed by atoms with Crippen molar-refractivity contribution in [2.24, 2.45) is 11.1 Å². The topological polar surface area (TPSA) is 26.0 Å². The first-order valence-electron chi connectivity index (χ1n) is 6.29. The van der Waals surface area contributed by atoms with Crippen LogP contribution in [-0.4, -0.2) is 6.54 Å². The van der Waals surface area contributed by atoms with E-state index in [4.69, 9.17) is 17.3 Å². The molecule has 1 aromatic carbocycles. The summed E-state index contributed by atoms with van der Waals surface area (Å²) in [6.07, 6.45) is 7.10. The van der Waals surface area contributed by atoms with Crippen molar-refractivity contribution >= 4 is 11.6 Å². The van der Waals surface area contributed by atoms with Crippen molar-refractivity contribution < 1.29 is 4.39 Å². The Labute approximate surface area is 107 Å². The number of halogens is 2. The number of rotatable bonds is 3. The maximum Gasteiger partial charge on any atom is 0.141 e. The average Bonchev–Trinajstić information content (AvgIpc) is 2.35. The predicted molar refractivity (Wildman–Crippen MR) is 69.7 cm³/mol. The molecule has 2 N–H and O–H groups in total. The van der Waals surface area contributed by atoms with Gasteiger partial charge in [-0.05, 0) is 48.9 Å². The minimum atomic E-state index is -0.346. The van der Waals surface area contributed by atoms with Crippen LogP contribution in [0.15, 0.2) is 18.2 Å². The molecular formula is C14H19ClFN. The molecule has 0 aliphatic heterocycles. The first-order valence-corrected chi connectivity index (χ1v) is 6.67. The van der Waals surface area contributed by atoms with Crippen LogP contribution >= 0.6 is 11.6 Å². The van der Waals surface area contributed by atoms with Gasteiger partial charge >= 0.3 is 0 Å². The molecule has 1 aromatic rings. The Morgan fingerprint density at radius 2 is 1.94 bits per heavy atom. The van der Waals surface area contributed by atoms with E-state index in [-0.39, 0.29) is 16.3 Å². The van der Waals surface area contributed by atoms with E-state index in [0.717, 1.165) is 12.0 Å². The first kappa shape index (κ1) is 12.8. The summed E-state index contributed by atoms with van der Waals surface area (Å²) in [5.41, 5.74) is 7.26. The van der Waals surface area contributed by atoms with Crippen LogP contribution in [0.4, 0.5) is 4.39 Å². The van der Waals surface area contributed by atoms with E-state index in [1.807, 2.05) is 6.07 Å². The third-order valence-electron chi connectivity index (χ3n) is 3.91. The average molecular weight is 256 g/mol. The molecule has 3 heteroatoms. The van der Waals surface area contributed by atoms with E-state index < -0.39 is 0 Å². The molecule has 17 heavy (non-hydrogen) atoms. The number of hydrogen-bond donors (Lipinski definition) is 1. The number of hydrogen-bond acceptors (Lipinski definition) is 1. The molecule has 1 saturated carbocycles. The van der Waals surface area contributed by atoms with Crippen LogP contribution in [0.2, 0.25) is 5.02 Å². The van der Waals surface area contributed by atoms with E-state index in [0.29, 0.717) is 6.54 Å². The molecular weight excluding hydrogens is 237 g/mol. The van der Waals surface area contributed by atoms with E-state index in [1.165, 1.54) is 38.2 Å². The third-order valence-corrected chi connectivity index (χ3v) is 4.20. The minimum absolute atomic E-state index is 0.208. The molecule has 0 radical (unpaired) electrons. The Balaban J connectivity index is 2.14. The second kappa shape index (κ2) is 5.36. The highest BCUT2D eigenvalue weighted by Crippen LogP contribution is 2.38. The van der Waals surface area contributed by atoms with Gasteiger partial charge in [-0.25, -0.2) is 4.39 Å². The molecule has 1 aliphatic rings. The maximum absolute atomic E-state index is 13.1. The summed E-state index contributed by atoms with van der Waals surface area (Å²) in [6, 6.07) is 5.01. The van der Waals surface area contributed by atoms with Crippen molar-refractivity contribution in [3.63, 3.8) is 0 Å². The number of benzene rings is 1. The van der Waals surface area contributed by atoms with Crippen molar-refractivity contribution in [2.75, 3.05) is 6.54 Å². The van der Waals surface area contributed by atoms with E-state index in [9.17, 15) is 4.39 Å². The van der Waals surface area contributed by atoms with Gasteiger partial charge in [0.05, 0.1) is 5.02 Å². The van der Waals surface area contributed by atoms with Gasteiger partial charge in [0.15, 0.2) is 0 Å². The van der Waals surface area contributed by atoms with Crippen LogP contribution in [0.5, 0.6) is 0 Å². The van der Waals surface area contributed by atoms with Crippen LogP contribution < -0.4 is 5.73 Å². The third kappa shape index (κ3) is 2.99. The van der Waals surface area contributed by atoms with Gasteiger partial charge in [0.25, 0.3) is 0 Å². The summed E-state index contributed by atoms with van der Waals surface area (Å²) in [6.45, 7) is 0.710. The standard InChI is InChI=1S/C14H19ClFN/c15-12-8-11(4-5-13(12)16)9-14(10-17)6-2-1-3-7-14/h4-5,8H,1-3,6-7,9-10,17H2. The number of nitrogens with two attached hydrogens (primary N) is 1. The van der Waals surface area contributed by atoms with Gasteiger partial charge in [-0.2, -0.15) is 0 Å². The van der Waals surface area contributed by atoms with E-state index in [2.05, 4.69) is 0 Å². The molecule has 0 atom stereocenters. The lowest BCUT2D eigenvalue weighted by Crippen LogP contribution is -2.34. The molecule has 0 aromatic heterocycles. The first-order chi connectivity index (χ1) is 8.15. The van der Waals surface area contributed by atoms with Crippen LogP contribution in [0.3, 0.4) is 0 Å². The zero-order valence-corrected chi connectivity index (χ0v) is 10.8. The van der Waals surface area contributed by atoms with Crippen LogP contribution in [0.25, 0.3) is 0 Å². The highest BCUT2D eigenvalue weighted by atomic mass is 35.5. The van der Waals surface area contributed by atoms with Gasteiger partial charge in [-0.15, -0.1) is 0 Å². The van der Waals surface area contributed by atoms with Gasteiger partial charge in [-0.1, -0.05) is 36.9 Å². The molecule has 1 fully saturated rings. The molecule has 0 unspecified atom stereocenters. The Bertz CT molecular complexity index is 386. The van der Waals surface area contributed by atoms with Gasteiger partial charge in [0, 0.05) is 0 Å². The van der Waals surface area contributed by atoms with E-state index >= 15 is 0 Å². The Kier molecular flexibility index (Phi) is 4.05. The highest BCUT2D eigenvalue weighted by Gasteiger charge is 2.30. The molecule has 0 amide bonds. The van der Waals surface area contributed by atoms with Crippen LogP contribution in [-0.2, 0) is 6.42 Å². The Hall–Kier alpha value is -0.600. The van der Waals surface area contributed by atoms with Gasteiger partial charge in [-0.3, -0.25) is 0 Å². The predicted octanol–water partition coefficient (Wildman–Crippen LogP) is 3.93. The monoisotopic (exact) mass is 255 g/mol. The lowest BCUT2D eigenvalue weighted by molar-refractivity contribution is 0.197. The van der Waals surface area contributed by atoms with Crippen molar-refractivity contribution in [3.05, 3.63) is 34.6 Å². The minimum Gasteiger partial charge on any atom is -0.330 e. The highest BCUT2D eigenvalue weighted by molar-refractivity contribution is 6.30. The van der Waals surface area contributed by atoms with Gasteiger partial charge in [0.1, 0.15) is 5.82 Å². The lowest BCUT2D eigenvalue weighted by atomic mass is 9.70. The SMILES string of the molecule is NCC1(Cc2ccc(F)c(Cl)c2)CCCCC1. The fourth-order valence-corrected chi connectivity index (χ4v) is 3.04. The van der Waals surface area contributed by atoms with Crippen molar-refractivity contribution in [1.82, 2.24) is 0 Å². The van der Waals surface area contributed by atoms with E-state index in [1.54, 1.807) is 6.07 Å². The molecule has 0 saturated heterocycles. The van der Waals surface area contributed by atoms with Crippen molar-refractivity contribution in [2.45, 2.75) is 38.5 Å². The zero-order valence-electron chi connectivity index (χ0n) is 10.0. The van der Waals surface area contributed by atoms with Crippen LogP contribution in [0, 0.1) is 11.2 Å². The fraction of sp³-hybridized carbons (Fsp3) is 0.571. The fourth-order valence-electron chi connectivity index (χ4n) is 2.84. The molecule has 0 heterocycles. The summed E-state index contributed by atoms with van der Waals surface area (Å²) in [7, 11) is 0. The Morgan fingerprint density at radius 3 is 2.53 bits per heavy atom. The summed E-state index contributed by atoms with van der Waals surface area (Å²) in [4.78, 5) is 0. The molecule has 0 bridgehead atoms. The summed E-state index contributed by atoms with van der Waals surface area (Å²) in [5.74, 6) is -0.346. The molecule has 1 aliphatic carbocycles. The molecule has 2 rings (SSSR count). The normalized spacial score (nSPS) is 19.2. The van der Waals surface area contributed by atoms with Crippen molar-refractivity contribution in [3.8, 4) is 0 Å². The van der Waals surface area contributed by atoms with Crippen LogP contribution in [0.1, 0.15) is 37.7 Å². The summed E-state index contributed by atoms with van der Waals surface area (Å²) < 4.78 is 13.1. The van der Waals surface area contributed by atoms with Gasteiger partial charge in [0.2, 0.25) is 0 Å². The molecule has 0 spiro atoms. The Morgan fingerprint density at radius 1 is 1.24 bits per heavy atom. The second-order valence-electron chi connectivity index (χ2n) is 5.19. The van der Waals surface area contributed by atoms with Gasteiger partial charge < -0.3 is 5.73 Å². The largest absolute Gasteiger partial charge is 0.330 e. The lowest BCUT2D eigenvalue weighted by Gasteiger charge is -2.36.